The number of para-hydroxylation sites is 1. The minimum atomic E-state index is -0.558. The fourth-order valence-corrected chi connectivity index (χ4v) is 4.50. The number of phenolic OH excluding ortho intramolecular Hbond substituents is 1. The molecule has 1 unspecified atom stereocenters. The van der Waals surface area contributed by atoms with E-state index in [-0.39, 0.29) is 17.8 Å². The van der Waals surface area contributed by atoms with Gasteiger partial charge in [0.25, 0.3) is 0 Å². The largest absolute Gasteiger partial charge is 0.507 e. The molecule has 36 heavy (non-hydrogen) atoms. The van der Waals surface area contributed by atoms with Gasteiger partial charge in [-0.15, -0.1) is 6.42 Å². The van der Waals surface area contributed by atoms with Crippen LogP contribution < -0.4 is 5.32 Å². The second kappa shape index (κ2) is 10.7. The number of amides is 1. The van der Waals surface area contributed by atoms with Gasteiger partial charge in [-0.2, -0.15) is 0 Å². The molecule has 2 N–H and O–H groups in total. The smallest absolute Gasteiger partial charge is 0.410 e. The van der Waals surface area contributed by atoms with Crippen molar-refractivity contribution in [2.45, 2.75) is 51.7 Å². The van der Waals surface area contributed by atoms with Crippen LogP contribution in [0.1, 0.15) is 56.2 Å². The van der Waals surface area contributed by atoms with Crippen LogP contribution in [0, 0.1) is 12.3 Å². The number of nitrogens with one attached hydrogen (secondary N) is 1. The first-order valence-electron chi connectivity index (χ1n) is 12.3. The molecule has 1 amide bonds. The van der Waals surface area contributed by atoms with Crippen LogP contribution in [0.5, 0.6) is 5.75 Å². The quantitative estimate of drug-likeness (QED) is 0.425. The molecule has 2 aromatic carbocycles. The number of hydrogen-bond donors (Lipinski definition) is 2. The third-order valence-electron chi connectivity index (χ3n) is 6.19. The molecule has 0 spiro atoms. The van der Waals surface area contributed by atoms with E-state index in [1.54, 1.807) is 17.0 Å². The Morgan fingerprint density at radius 2 is 1.92 bits per heavy atom. The van der Waals surface area contributed by atoms with Crippen LogP contribution in [0.4, 0.5) is 10.6 Å². The van der Waals surface area contributed by atoms with Gasteiger partial charge in [0.05, 0.1) is 11.3 Å². The predicted octanol–water partition coefficient (Wildman–Crippen LogP) is 6.16. The summed E-state index contributed by atoms with van der Waals surface area (Å²) in [5.74, 6) is 3.61. The molecule has 1 aliphatic heterocycles. The number of piperidine rings is 1. The lowest BCUT2D eigenvalue weighted by Gasteiger charge is -2.35. The molecule has 1 fully saturated rings. The summed E-state index contributed by atoms with van der Waals surface area (Å²) in [6.45, 7) is 7.32. The summed E-state index contributed by atoms with van der Waals surface area (Å²) in [4.78, 5) is 19.4. The first kappa shape index (κ1) is 25.1. The maximum atomic E-state index is 12.8. The fraction of sp³-hybridized carbons (Fsp3) is 0.333. The van der Waals surface area contributed by atoms with Crippen molar-refractivity contribution in [2.75, 3.05) is 18.4 Å². The van der Waals surface area contributed by atoms with Gasteiger partial charge >= 0.3 is 6.09 Å². The second-order valence-electron chi connectivity index (χ2n) is 10.1. The number of anilines is 1. The van der Waals surface area contributed by atoms with Crippen LogP contribution in [0.25, 0.3) is 11.3 Å². The molecule has 0 saturated carbocycles. The summed E-state index contributed by atoms with van der Waals surface area (Å²) in [6, 6.07) is 19.1. The van der Waals surface area contributed by atoms with Gasteiger partial charge in [0.15, 0.2) is 0 Å². The Bertz CT molecular complexity index is 1260. The number of hydrogen-bond acceptors (Lipinski definition) is 5. The topological polar surface area (TPSA) is 74.7 Å². The molecule has 4 rings (SSSR count). The second-order valence-corrected chi connectivity index (χ2v) is 10.1. The minimum Gasteiger partial charge on any atom is -0.507 e. The molecule has 0 bridgehead atoms. The normalized spacial score (nSPS) is 15.7. The molecule has 6 nitrogen and oxygen atoms in total. The Hall–Kier alpha value is -3.98. The van der Waals surface area contributed by atoms with Crippen LogP contribution in [0.2, 0.25) is 0 Å². The van der Waals surface area contributed by atoms with Gasteiger partial charge in [-0.25, -0.2) is 9.78 Å². The third kappa shape index (κ3) is 5.98. The number of likely N-dealkylation sites (tertiary alicyclic amines) is 1. The lowest BCUT2D eigenvalue weighted by atomic mass is 9.87. The number of phenols is 1. The molecular weight excluding hydrogens is 450 g/mol. The highest BCUT2D eigenvalue weighted by Crippen LogP contribution is 2.37. The molecule has 1 atom stereocenters. The highest BCUT2D eigenvalue weighted by Gasteiger charge is 2.30. The zero-order valence-corrected chi connectivity index (χ0v) is 21.1. The first-order valence-corrected chi connectivity index (χ1v) is 12.3. The molecule has 0 aliphatic carbocycles. The van der Waals surface area contributed by atoms with Crippen LogP contribution in [0.3, 0.4) is 0 Å². The highest BCUT2D eigenvalue weighted by atomic mass is 16.6. The van der Waals surface area contributed by atoms with E-state index < -0.39 is 5.60 Å². The zero-order chi connectivity index (χ0) is 25.7. The molecule has 6 heteroatoms. The Morgan fingerprint density at radius 1 is 1.19 bits per heavy atom. The number of aromatic hydroxyl groups is 1. The Labute approximate surface area is 213 Å². The molecule has 1 aromatic heterocycles. The Balaban J connectivity index is 1.72. The molecule has 1 saturated heterocycles. The van der Waals surface area contributed by atoms with Gasteiger partial charge < -0.3 is 20.1 Å². The minimum absolute atomic E-state index is 0.0159. The van der Waals surface area contributed by atoms with Crippen LogP contribution in [-0.4, -0.2) is 39.8 Å². The molecular formula is C30H33N3O3. The van der Waals surface area contributed by atoms with Crippen molar-refractivity contribution in [1.82, 2.24) is 9.88 Å². The lowest BCUT2D eigenvalue weighted by molar-refractivity contribution is 0.0198. The van der Waals surface area contributed by atoms with E-state index in [0.717, 1.165) is 24.0 Å². The van der Waals surface area contributed by atoms with E-state index in [2.05, 4.69) is 11.2 Å². The zero-order valence-electron chi connectivity index (χ0n) is 21.1. The molecule has 0 radical (unpaired) electrons. The van der Waals surface area contributed by atoms with Gasteiger partial charge in [-0.3, -0.25) is 0 Å². The molecule has 3 aromatic rings. The number of carbonyl (C=O) groups excluding carboxylic acids is 1. The summed E-state index contributed by atoms with van der Waals surface area (Å²) < 4.78 is 5.63. The van der Waals surface area contributed by atoms with Crippen molar-refractivity contribution in [2.24, 2.45) is 0 Å². The number of pyridine rings is 1. The average molecular weight is 484 g/mol. The van der Waals surface area contributed by atoms with E-state index in [1.165, 1.54) is 0 Å². The van der Waals surface area contributed by atoms with Crippen molar-refractivity contribution in [3.8, 4) is 29.4 Å². The number of terminal acetylenes is 1. The average Bonchev–Trinajstić information content (AvgIpc) is 2.87. The van der Waals surface area contributed by atoms with E-state index in [0.29, 0.717) is 42.3 Å². The van der Waals surface area contributed by atoms with Crippen molar-refractivity contribution >= 4 is 11.9 Å². The lowest BCUT2D eigenvalue weighted by Crippen LogP contribution is -2.42. The van der Waals surface area contributed by atoms with Gasteiger partial charge in [0.2, 0.25) is 0 Å². The van der Waals surface area contributed by atoms with E-state index >= 15 is 0 Å². The van der Waals surface area contributed by atoms with Gasteiger partial charge in [-0.1, -0.05) is 48.4 Å². The monoisotopic (exact) mass is 483 g/mol. The predicted molar refractivity (Wildman–Crippen MR) is 143 cm³/mol. The van der Waals surface area contributed by atoms with E-state index in [1.807, 2.05) is 69.3 Å². The van der Waals surface area contributed by atoms with Crippen molar-refractivity contribution in [3.05, 3.63) is 77.4 Å². The van der Waals surface area contributed by atoms with Crippen molar-refractivity contribution in [1.29, 1.82) is 0 Å². The summed E-state index contributed by atoms with van der Waals surface area (Å²) >= 11 is 0. The van der Waals surface area contributed by atoms with Crippen LogP contribution in [-0.2, 0) is 11.3 Å². The standard InChI is InChI=1S/C30H33N3O3/c1-5-23-25(22-14-11-17-33(20-22)29(35)36-30(2,3)4)18-26(24-15-9-10-16-27(24)34)32-28(23)31-19-21-12-7-6-8-13-21/h1,6-10,12-13,15-16,18,22,34H,11,14,17,19-20H2,2-4H3,(H,31,32). The first-order chi connectivity index (χ1) is 17.2. The number of rotatable bonds is 5. The molecule has 186 valence electrons. The van der Waals surface area contributed by atoms with Crippen molar-refractivity contribution in [3.63, 3.8) is 0 Å². The summed E-state index contributed by atoms with van der Waals surface area (Å²) in [7, 11) is 0. The number of ether oxygens (including phenoxy) is 1. The summed E-state index contributed by atoms with van der Waals surface area (Å²) in [5, 5.41) is 14.0. The van der Waals surface area contributed by atoms with Crippen molar-refractivity contribution < 1.29 is 14.6 Å². The van der Waals surface area contributed by atoms with Crippen LogP contribution in [0.15, 0.2) is 60.7 Å². The summed E-state index contributed by atoms with van der Waals surface area (Å²) in [6.07, 6.45) is 7.45. The molecule has 2 heterocycles. The fourth-order valence-electron chi connectivity index (χ4n) is 4.50. The Morgan fingerprint density at radius 3 is 2.61 bits per heavy atom. The number of carbonyl (C=O) groups is 1. The van der Waals surface area contributed by atoms with Gasteiger partial charge in [0.1, 0.15) is 17.2 Å². The highest BCUT2D eigenvalue weighted by molar-refractivity contribution is 5.73. The molecule has 1 aliphatic rings. The maximum absolute atomic E-state index is 12.8. The van der Waals surface area contributed by atoms with E-state index in [9.17, 15) is 9.90 Å². The number of benzene rings is 2. The van der Waals surface area contributed by atoms with Crippen LogP contribution >= 0.6 is 0 Å². The summed E-state index contributed by atoms with van der Waals surface area (Å²) in [5.41, 5.74) is 3.43. The van der Waals surface area contributed by atoms with Gasteiger partial charge in [-0.05, 0) is 62.9 Å². The Kier molecular flexibility index (Phi) is 7.49. The third-order valence-corrected chi connectivity index (χ3v) is 6.19. The van der Waals surface area contributed by atoms with E-state index in [4.69, 9.17) is 16.1 Å². The number of aromatic nitrogens is 1. The maximum Gasteiger partial charge on any atom is 0.410 e. The van der Waals surface area contributed by atoms with Gasteiger partial charge in [0, 0.05) is 31.1 Å². The number of nitrogens with zero attached hydrogens (tertiary/aromatic N) is 2. The SMILES string of the molecule is C#Cc1c(C2CCCN(C(=O)OC(C)(C)C)C2)cc(-c2ccccc2O)nc1NCc1ccccc1.